The highest BCUT2D eigenvalue weighted by molar-refractivity contribution is 7.99. The van der Waals surface area contributed by atoms with Crippen LogP contribution in [-0.4, -0.2) is 5.75 Å². The third-order valence-corrected chi connectivity index (χ3v) is 4.48. The highest BCUT2D eigenvalue weighted by atomic mass is 32.2. The summed E-state index contributed by atoms with van der Waals surface area (Å²) < 4.78 is 0. The molecule has 0 heterocycles. The number of hydrogen-bond acceptors (Lipinski definition) is 2. The van der Waals surface area contributed by atoms with Crippen LogP contribution in [0.4, 0.5) is 0 Å². The summed E-state index contributed by atoms with van der Waals surface area (Å²) in [6, 6.07) is 8.61. The number of unbranched alkanes of at least 4 members (excludes halogenated alkanes) is 7. The van der Waals surface area contributed by atoms with Crippen LogP contribution < -0.4 is 5.73 Å². The van der Waals surface area contributed by atoms with Crippen LogP contribution in [0.3, 0.4) is 0 Å². The van der Waals surface area contributed by atoms with E-state index in [4.69, 9.17) is 5.73 Å². The molecule has 2 N–H and O–H groups in total. The fourth-order valence-electron chi connectivity index (χ4n) is 2.19. The van der Waals surface area contributed by atoms with Gasteiger partial charge in [-0.25, -0.2) is 0 Å². The third kappa shape index (κ3) is 8.33. The topological polar surface area (TPSA) is 26.0 Å². The van der Waals surface area contributed by atoms with E-state index in [1.165, 1.54) is 67.6 Å². The summed E-state index contributed by atoms with van der Waals surface area (Å²) in [6.45, 7) is 2.92. The van der Waals surface area contributed by atoms with Crippen molar-refractivity contribution >= 4 is 11.8 Å². The fourth-order valence-corrected chi connectivity index (χ4v) is 3.18. The van der Waals surface area contributed by atoms with Crippen molar-refractivity contribution in [3.05, 3.63) is 29.8 Å². The van der Waals surface area contributed by atoms with Crippen LogP contribution in [0.5, 0.6) is 0 Å². The van der Waals surface area contributed by atoms with Crippen LogP contribution in [-0.2, 0) is 6.54 Å². The summed E-state index contributed by atoms with van der Waals surface area (Å²) in [5.74, 6) is 1.24. The summed E-state index contributed by atoms with van der Waals surface area (Å²) in [4.78, 5) is 1.37. The first-order chi connectivity index (χ1) is 9.36. The Morgan fingerprint density at radius 1 is 0.947 bits per heavy atom. The first-order valence-electron chi connectivity index (χ1n) is 7.78. The first kappa shape index (κ1) is 16.6. The molecule has 0 aliphatic heterocycles. The minimum Gasteiger partial charge on any atom is -0.326 e. The molecule has 1 aromatic carbocycles. The molecular weight excluding hydrogens is 250 g/mol. The predicted molar refractivity (Wildman–Crippen MR) is 87.7 cm³/mol. The first-order valence-corrected chi connectivity index (χ1v) is 8.77. The largest absolute Gasteiger partial charge is 0.326 e. The molecule has 0 radical (unpaired) electrons. The Hall–Kier alpha value is -0.470. The molecule has 0 spiro atoms. The monoisotopic (exact) mass is 279 g/mol. The third-order valence-electron chi connectivity index (χ3n) is 3.40. The number of rotatable bonds is 11. The average molecular weight is 279 g/mol. The van der Waals surface area contributed by atoms with Crippen molar-refractivity contribution in [3.8, 4) is 0 Å². The van der Waals surface area contributed by atoms with Crippen LogP contribution in [0.25, 0.3) is 0 Å². The van der Waals surface area contributed by atoms with Crippen LogP contribution in [0, 0.1) is 0 Å². The maximum Gasteiger partial charge on any atom is 0.0178 e. The average Bonchev–Trinajstić information content (AvgIpc) is 2.46. The Labute approximate surface area is 123 Å². The Morgan fingerprint density at radius 2 is 1.63 bits per heavy atom. The number of benzene rings is 1. The van der Waals surface area contributed by atoms with Crippen molar-refractivity contribution in [1.82, 2.24) is 0 Å². The maximum atomic E-state index is 5.65. The lowest BCUT2D eigenvalue weighted by Crippen LogP contribution is -1.95. The van der Waals surface area contributed by atoms with Gasteiger partial charge in [0.15, 0.2) is 0 Å². The molecule has 0 saturated carbocycles. The fraction of sp³-hybridized carbons (Fsp3) is 0.647. The molecule has 0 atom stereocenters. The van der Waals surface area contributed by atoms with E-state index in [0.717, 1.165) is 0 Å². The number of hydrogen-bond donors (Lipinski definition) is 1. The summed E-state index contributed by atoms with van der Waals surface area (Å²) in [6.07, 6.45) is 11.2. The lowest BCUT2D eigenvalue weighted by atomic mass is 10.1. The van der Waals surface area contributed by atoms with Gasteiger partial charge in [-0.3, -0.25) is 0 Å². The van der Waals surface area contributed by atoms with Crippen molar-refractivity contribution in [2.45, 2.75) is 69.7 Å². The van der Waals surface area contributed by atoms with Crippen molar-refractivity contribution in [2.75, 3.05) is 5.75 Å². The maximum absolute atomic E-state index is 5.65. The summed E-state index contributed by atoms with van der Waals surface area (Å²) in [7, 11) is 0. The van der Waals surface area contributed by atoms with Crippen LogP contribution in [0.2, 0.25) is 0 Å². The molecule has 19 heavy (non-hydrogen) atoms. The normalized spacial score (nSPS) is 10.8. The molecular formula is C17H29NS. The molecule has 0 fully saturated rings. The van der Waals surface area contributed by atoms with E-state index in [-0.39, 0.29) is 0 Å². The van der Waals surface area contributed by atoms with Gasteiger partial charge in [0.1, 0.15) is 0 Å². The molecule has 1 rings (SSSR count). The van der Waals surface area contributed by atoms with Gasteiger partial charge in [-0.2, -0.15) is 0 Å². The molecule has 0 aliphatic rings. The second-order valence-corrected chi connectivity index (χ2v) is 6.34. The zero-order valence-corrected chi connectivity index (χ0v) is 13.2. The van der Waals surface area contributed by atoms with Gasteiger partial charge in [-0.05, 0) is 29.9 Å². The van der Waals surface area contributed by atoms with Crippen molar-refractivity contribution in [3.63, 3.8) is 0 Å². The van der Waals surface area contributed by atoms with Gasteiger partial charge in [0.05, 0.1) is 0 Å². The second kappa shape index (κ2) is 11.4. The molecule has 0 unspecified atom stereocenters. The zero-order valence-electron chi connectivity index (χ0n) is 12.4. The number of thioether (sulfide) groups is 1. The SMILES string of the molecule is CCCCCCCCCCSc1cccc(CN)c1. The molecule has 0 amide bonds. The molecule has 0 aromatic heterocycles. The zero-order chi connectivity index (χ0) is 13.8. The molecule has 108 valence electrons. The Balaban J connectivity index is 1.98. The minimum atomic E-state index is 0.645. The van der Waals surface area contributed by atoms with E-state index in [1.807, 2.05) is 11.8 Å². The number of nitrogens with two attached hydrogens (primary N) is 1. The van der Waals surface area contributed by atoms with E-state index in [9.17, 15) is 0 Å². The highest BCUT2D eigenvalue weighted by Crippen LogP contribution is 2.21. The smallest absolute Gasteiger partial charge is 0.0178 e. The van der Waals surface area contributed by atoms with E-state index < -0.39 is 0 Å². The molecule has 2 heteroatoms. The quantitative estimate of drug-likeness (QED) is 0.435. The van der Waals surface area contributed by atoms with Gasteiger partial charge < -0.3 is 5.73 Å². The van der Waals surface area contributed by atoms with Crippen LogP contribution in [0.1, 0.15) is 63.9 Å². The Bertz CT molecular complexity index is 325. The van der Waals surface area contributed by atoms with E-state index in [1.54, 1.807) is 0 Å². The lowest BCUT2D eigenvalue weighted by Gasteiger charge is -2.04. The van der Waals surface area contributed by atoms with Gasteiger partial charge in [-0.15, -0.1) is 11.8 Å². The standard InChI is InChI=1S/C17H29NS/c1-2-3-4-5-6-7-8-9-13-19-17-12-10-11-16(14-17)15-18/h10-12,14H,2-9,13,15,18H2,1H3. The summed E-state index contributed by atoms with van der Waals surface area (Å²) in [5.41, 5.74) is 6.89. The van der Waals surface area contributed by atoms with Gasteiger partial charge >= 0.3 is 0 Å². The van der Waals surface area contributed by atoms with Crippen LogP contribution >= 0.6 is 11.8 Å². The van der Waals surface area contributed by atoms with Crippen molar-refractivity contribution in [2.24, 2.45) is 5.73 Å². The summed E-state index contributed by atoms with van der Waals surface area (Å²) >= 11 is 1.97. The molecule has 0 saturated heterocycles. The van der Waals surface area contributed by atoms with Gasteiger partial charge in [0.2, 0.25) is 0 Å². The van der Waals surface area contributed by atoms with Crippen LogP contribution in [0.15, 0.2) is 29.2 Å². The highest BCUT2D eigenvalue weighted by Gasteiger charge is 1.96. The molecule has 1 aromatic rings. The molecule has 0 bridgehead atoms. The van der Waals surface area contributed by atoms with Gasteiger partial charge in [0, 0.05) is 11.4 Å². The Morgan fingerprint density at radius 3 is 2.32 bits per heavy atom. The Kier molecular flexibility index (Phi) is 9.92. The van der Waals surface area contributed by atoms with Gasteiger partial charge in [0.25, 0.3) is 0 Å². The van der Waals surface area contributed by atoms with Crippen molar-refractivity contribution in [1.29, 1.82) is 0 Å². The predicted octanol–water partition coefficient (Wildman–Crippen LogP) is 5.38. The molecule has 1 nitrogen and oxygen atoms in total. The minimum absolute atomic E-state index is 0.645. The molecule has 0 aliphatic carbocycles. The van der Waals surface area contributed by atoms with E-state index >= 15 is 0 Å². The van der Waals surface area contributed by atoms with Crippen molar-refractivity contribution < 1.29 is 0 Å². The van der Waals surface area contributed by atoms with Gasteiger partial charge in [-0.1, -0.05) is 64.0 Å². The van der Waals surface area contributed by atoms with E-state index in [2.05, 4.69) is 31.2 Å². The summed E-state index contributed by atoms with van der Waals surface area (Å²) in [5, 5.41) is 0. The lowest BCUT2D eigenvalue weighted by molar-refractivity contribution is 0.586. The second-order valence-electron chi connectivity index (χ2n) is 5.17. The van der Waals surface area contributed by atoms with E-state index in [0.29, 0.717) is 6.54 Å².